The zero-order valence-electron chi connectivity index (χ0n) is 10.00. The molecule has 0 aliphatic heterocycles. The summed E-state index contributed by atoms with van der Waals surface area (Å²) in [6, 6.07) is 0. The molecule has 0 aliphatic carbocycles. The van der Waals surface area contributed by atoms with Gasteiger partial charge in [-0.05, 0) is 0 Å². The minimum atomic E-state index is -0.952. The average Bonchev–Trinajstić information content (AvgIpc) is 2.40. The highest BCUT2D eigenvalue weighted by Crippen LogP contribution is 2.31. The second kappa shape index (κ2) is 7.28. The first-order valence-corrected chi connectivity index (χ1v) is 6.18. The first kappa shape index (κ1) is 16.5. The molecule has 1 aromatic rings. The van der Waals surface area contributed by atoms with Gasteiger partial charge in [0.15, 0.2) is 12.3 Å². The molecule has 0 fully saturated rings. The molecular weight excluding hydrogens is 332 g/mol. The van der Waals surface area contributed by atoms with Gasteiger partial charge in [0.2, 0.25) is 5.91 Å². The molecule has 0 bridgehead atoms. The van der Waals surface area contributed by atoms with Crippen LogP contribution in [0.2, 0.25) is 15.1 Å². The molecule has 0 radical (unpaired) electrons. The van der Waals surface area contributed by atoms with Crippen LogP contribution in [0.5, 0.6) is 0 Å². The van der Waals surface area contributed by atoms with Crippen LogP contribution in [-0.2, 0) is 14.3 Å². The first-order chi connectivity index (χ1) is 9.32. The highest BCUT2D eigenvalue weighted by atomic mass is 35.5. The van der Waals surface area contributed by atoms with E-state index in [0.29, 0.717) is 0 Å². The third kappa shape index (κ3) is 4.52. The van der Waals surface area contributed by atoms with Crippen molar-refractivity contribution in [3.63, 3.8) is 0 Å². The monoisotopic (exact) mass is 339 g/mol. The second-order valence-electron chi connectivity index (χ2n) is 3.39. The number of halogens is 3. The van der Waals surface area contributed by atoms with Gasteiger partial charge >= 0.3 is 5.97 Å². The number of hydrogen-bond donors (Lipinski definition) is 2. The summed E-state index contributed by atoms with van der Waals surface area (Å²) in [4.78, 5) is 37.0. The van der Waals surface area contributed by atoms with Crippen molar-refractivity contribution < 1.29 is 19.1 Å². The molecule has 20 heavy (non-hydrogen) atoms. The van der Waals surface area contributed by atoms with Gasteiger partial charge in [-0.2, -0.15) is 0 Å². The zero-order valence-corrected chi connectivity index (χ0v) is 12.3. The molecule has 108 valence electrons. The maximum atomic E-state index is 11.6. The van der Waals surface area contributed by atoms with Crippen molar-refractivity contribution in [1.82, 2.24) is 15.8 Å². The summed E-state index contributed by atoms with van der Waals surface area (Å²) in [7, 11) is 0. The fourth-order valence-electron chi connectivity index (χ4n) is 0.979. The highest BCUT2D eigenvalue weighted by Gasteiger charge is 2.19. The van der Waals surface area contributed by atoms with Gasteiger partial charge in [0.25, 0.3) is 5.91 Å². The number of ether oxygens (including phenoxy) is 1. The van der Waals surface area contributed by atoms with Crippen LogP contribution in [0.15, 0.2) is 6.20 Å². The molecule has 10 heteroatoms. The summed E-state index contributed by atoms with van der Waals surface area (Å²) in [5.41, 5.74) is 3.76. The van der Waals surface area contributed by atoms with Crippen LogP contribution in [0, 0.1) is 0 Å². The van der Waals surface area contributed by atoms with E-state index in [1.807, 2.05) is 10.9 Å². The van der Waals surface area contributed by atoms with Crippen molar-refractivity contribution in [1.29, 1.82) is 0 Å². The van der Waals surface area contributed by atoms with E-state index in [2.05, 4.69) is 9.72 Å². The Morgan fingerprint density at radius 2 is 1.85 bits per heavy atom. The Bertz CT molecular complexity index is 565. The van der Waals surface area contributed by atoms with E-state index in [-0.39, 0.29) is 20.8 Å². The van der Waals surface area contributed by atoms with Crippen molar-refractivity contribution in [3.05, 3.63) is 27.0 Å². The third-order valence-electron chi connectivity index (χ3n) is 1.82. The minimum absolute atomic E-state index is 0.0435. The van der Waals surface area contributed by atoms with Crippen molar-refractivity contribution >= 4 is 52.6 Å². The molecule has 0 saturated heterocycles. The molecule has 2 N–H and O–H groups in total. The van der Waals surface area contributed by atoms with Gasteiger partial charge in [0.05, 0.1) is 15.1 Å². The Hall–Kier alpha value is -1.57. The maximum absolute atomic E-state index is 11.6. The van der Waals surface area contributed by atoms with Crippen LogP contribution >= 0.6 is 34.8 Å². The van der Waals surface area contributed by atoms with Gasteiger partial charge in [-0.25, -0.2) is 9.78 Å². The lowest BCUT2D eigenvalue weighted by Gasteiger charge is -2.07. The van der Waals surface area contributed by atoms with E-state index >= 15 is 0 Å². The van der Waals surface area contributed by atoms with Crippen molar-refractivity contribution in [2.75, 3.05) is 6.61 Å². The number of rotatable bonds is 3. The number of aromatic nitrogens is 1. The number of pyridine rings is 1. The van der Waals surface area contributed by atoms with Gasteiger partial charge in [-0.15, -0.1) is 0 Å². The molecule has 0 spiro atoms. The molecule has 0 unspecified atom stereocenters. The lowest BCUT2D eigenvalue weighted by Crippen LogP contribution is -2.42. The number of hydrogen-bond acceptors (Lipinski definition) is 5. The molecule has 0 saturated carbocycles. The number of amides is 2. The second-order valence-corrected chi connectivity index (χ2v) is 4.55. The summed E-state index contributed by atoms with van der Waals surface area (Å²) in [6.45, 7) is 0.572. The average molecular weight is 341 g/mol. The molecule has 0 atom stereocenters. The Labute approximate surface area is 128 Å². The summed E-state index contributed by atoms with van der Waals surface area (Å²) in [5.74, 6) is -2.16. The highest BCUT2D eigenvalue weighted by molar-refractivity contribution is 6.48. The number of esters is 1. The molecule has 0 aromatic carbocycles. The quantitative estimate of drug-likeness (QED) is 0.640. The Balaban J connectivity index is 2.62. The SMILES string of the molecule is CC(=O)NNC(=O)COC(=O)c1ncc(Cl)c(Cl)c1Cl. The lowest BCUT2D eigenvalue weighted by molar-refractivity contribution is -0.129. The molecule has 7 nitrogen and oxygen atoms in total. The minimum Gasteiger partial charge on any atom is -0.451 e. The van der Waals surface area contributed by atoms with Crippen LogP contribution in [0.4, 0.5) is 0 Å². The summed E-state index contributed by atoms with van der Waals surface area (Å²) in [5, 5.41) is -0.138. The number of hydrazine groups is 1. The molecule has 0 aliphatic rings. The summed E-state index contributed by atoms with van der Waals surface area (Å²) in [6.07, 6.45) is 1.13. The van der Waals surface area contributed by atoms with E-state index in [4.69, 9.17) is 34.8 Å². The standard InChI is InChI=1S/C10H8Cl3N3O4/c1-4(17)15-16-6(18)3-20-10(19)9-8(13)7(12)5(11)2-14-9/h2H,3H2,1H3,(H,15,17)(H,16,18). The fourth-order valence-corrected chi connectivity index (χ4v) is 1.54. The number of nitrogens with one attached hydrogen (secondary N) is 2. The third-order valence-corrected chi connectivity index (χ3v) is 3.06. The number of carbonyl (C=O) groups is 3. The number of carbonyl (C=O) groups excluding carboxylic acids is 3. The fraction of sp³-hybridized carbons (Fsp3) is 0.200. The van der Waals surface area contributed by atoms with E-state index in [1.54, 1.807) is 0 Å². The molecule has 1 rings (SSSR count). The van der Waals surface area contributed by atoms with Crippen LogP contribution < -0.4 is 10.9 Å². The van der Waals surface area contributed by atoms with Gasteiger partial charge in [0.1, 0.15) is 0 Å². The van der Waals surface area contributed by atoms with Crippen molar-refractivity contribution in [2.45, 2.75) is 6.92 Å². The molecule has 2 amide bonds. The van der Waals surface area contributed by atoms with E-state index < -0.39 is 24.4 Å². The van der Waals surface area contributed by atoms with Crippen LogP contribution in [0.1, 0.15) is 17.4 Å². The Kier molecular flexibility index (Phi) is 6.00. The predicted molar refractivity (Wildman–Crippen MR) is 71.5 cm³/mol. The number of nitrogens with zero attached hydrogens (tertiary/aromatic N) is 1. The maximum Gasteiger partial charge on any atom is 0.359 e. The van der Waals surface area contributed by atoms with Crippen molar-refractivity contribution in [2.24, 2.45) is 0 Å². The Morgan fingerprint density at radius 3 is 2.45 bits per heavy atom. The normalized spacial score (nSPS) is 9.80. The van der Waals surface area contributed by atoms with Crippen LogP contribution in [-0.4, -0.2) is 29.4 Å². The molecule has 1 aromatic heterocycles. The van der Waals surface area contributed by atoms with Gasteiger partial charge in [0, 0.05) is 13.1 Å². The lowest BCUT2D eigenvalue weighted by atomic mass is 10.3. The van der Waals surface area contributed by atoms with E-state index in [0.717, 1.165) is 6.20 Å². The van der Waals surface area contributed by atoms with E-state index in [1.165, 1.54) is 6.92 Å². The first-order valence-electron chi connectivity index (χ1n) is 5.05. The molecule has 1 heterocycles. The predicted octanol–water partition coefficient (Wildman–Crippen LogP) is 1.37. The van der Waals surface area contributed by atoms with Gasteiger partial charge < -0.3 is 4.74 Å². The smallest absolute Gasteiger partial charge is 0.359 e. The van der Waals surface area contributed by atoms with Gasteiger partial charge in [-0.3, -0.25) is 20.4 Å². The topological polar surface area (TPSA) is 97.4 Å². The van der Waals surface area contributed by atoms with Crippen molar-refractivity contribution in [3.8, 4) is 0 Å². The van der Waals surface area contributed by atoms with E-state index in [9.17, 15) is 14.4 Å². The van der Waals surface area contributed by atoms with Crippen LogP contribution in [0.25, 0.3) is 0 Å². The van der Waals surface area contributed by atoms with Gasteiger partial charge in [-0.1, -0.05) is 34.8 Å². The van der Waals surface area contributed by atoms with Crippen LogP contribution in [0.3, 0.4) is 0 Å². The zero-order chi connectivity index (χ0) is 15.3. The Morgan fingerprint density at radius 1 is 1.20 bits per heavy atom. The largest absolute Gasteiger partial charge is 0.451 e. The summed E-state index contributed by atoms with van der Waals surface area (Å²) < 4.78 is 4.65. The molecular formula is C10H8Cl3N3O4. The summed E-state index contributed by atoms with van der Waals surface area (Å²) >= 11 is 17.2.